The fraction of sp³-hybridized carbons (Fsp3) is 0.417. The second-order valence-corrected chi connectivity index (χ2v) is 4.68. The lowest BCUT2D eigenvalue weighted by Gasteiger charge is -2.32. The van der Waals surface area contributed by atoms with Gasteiger partial charge >= 0.3 is 0 Å². The molecule has 0 saturated carbocycles. The molecule has 0 radical (unpaired) electrons. The lowest BCUT2D eigenvalue weighted by atomic mass is 10.1. The smallest absolute Gasteiger partial charge is 0.254 e. The van der Waals surface area contributed by atoms with Crippen LogP contribution in [0.5, 0.6) is 5.75 Å². The second kappa shape index (κ2) is 4.94. The average Bonchev–Trinajstić information content (AvgIpc) is 2.32. The highest BCUT2D eigenvalue weighted by molar-refractivity contribution is 6.32. The molecule has 0 aromatic heterocycles. The Labute approximate surface area is 105 Å². The maximum atomic E-state index is 12.2. The van der Waals surface area contributed by atoms with E-state index in [0.29, 0.717) is 24.7 Å². The molecule has 92 valence electrons. The number of halogens is 1. The Balaban J connectivity index is 2.15. The molecule has 1 aliphatic rings. The third kappa shape index (κ3) is 2.70. The zero-order chi connectivity index (χ0) is 12.4. The Morgan fingerprint density at radius 2 is 2.35 bits per heavy atom. The molecular formula is C12H15ClN2O2. The van der Waals surface area contributed by atoms with Crippen LogP contribution < -0.4 is 5.32 Å². The fourth-order valence-electron chi connectivity index (χ4n) is 1.94. The summed E-state index contributed by atoms with van der Waals surface area (Å²) in [6.45, 7) is 4.24. The first kappa shape index (κ1) is 12.2. The van der Waals surface area contributed by atoms with Gasteiger partial charge in [0.15, 0.2) is 0 Å². The number of amides is 1. The Bertz CT molecular complexity index is 437. The number of nitrogens with zero attached hydrogens (tertiary/aromatic N) is 1. The van der Waals surface area contributed by atoms with Crippen molar-refractivity contribution in [1.82, 2.24) is 10.2 Å². The number of hydrogen-bond donors (Lipinski definition) is 2. The van der Waals surface area contributed by atoms with Crippen molar-refractivity contribution in [3.8, 4) is 5.75 Å². The number of phenolic OH excluding ortho intramolecular Hbond substituents is 1. The van der Waals surface area contributed by atoms with E-state index >= 15 is 0 Å². The number of benzene rings is 1. The zero-order valence-electron chi connectivity index (χ0n) is 9.61. The summed E-state index contributed by atoms with van der Waals surface area (Å²) in [7, 11) is 0. The highest BCUT2D eigenvalue weighted by atomic mass is 35.5. The Morgan fingerprint density at radius 3 is 3.00 bits per heavy atom. The van der Waals surface area contributed by atoms with Gasteiger partial charge in [-0.25, -0.2) is 0 Å². The second-order valence-electron chi connectivity index (χ2n) is 4.27. The van der Waals surface area contributed by atoms with Crippen LogP contribution in [0.15, 0.2) is 18.2 Å². The molecule has 4 nitrogen and oxygen atoms in total. The van der Waals surface area contributed by atoms with Gasteiger partial charge in [-0.15, -0.1) is 0 Å². The van der Waals surface area contributed by atoms with Crippen molar-refractivity contribution >= 4 is 17.5 Å². The van der Waals surface area contributed by atoms with E-state index in [4.69, 9.17) is 11.6 Å². The SMILES string of the molecule is CC1CN(C(=O)c2ccc(O)c(Cl)c2)CCN1. The number of hydrogen-bond acceptors (Lipinski definition) is 3. The van der Waals surface area contributed by atoms with Crippen molar-refractivity contribution in [2.24, 2.45) is 0 Å². The minimum absolute atomic E-state index is 0.00287. The number of rotatable bonds is 1. The summed E-state index contributed by atoms with van der Waals surface area (Å²) in [6.07, 6.45) is 0. The molecular weight excluding hydrogens is 240 g/mol. The van der Waals surface area contributed by atoms with Crippen LogP contribution in [-0.2, 0) is 0 Å². The van der Waals surface area contributed by atoms with Crippen molar-refractivity contribution in [2.45, 2.75) is 13.0 Å². The quantitative estimate of drug-likeness (QED) is 0.798. The number of carbonyl (C=O) groups excluding carboxylic acids is 1. The minimum atomic E-state index is -0.0414. The van der Waals surface area contributed by atoms with Crippen molar-refractivity contribution in [1.29, 1.82) is 0 Å². The number of nitrogens with one attached hydrogen (secondary N) is 1. The molecule has 2 N–H and O–H groups in total. The van der Waals surface area contributed by atoms with Gasteiger partial charge in [0.25, 0.3) is 5.91 Å². The van der Waals surface area contributed by atoms with Crippen LogP contribution in [0.25, 0.3) is 0 Å². The monoisotopic (exact) mass is 254 g/mol. The van der Waals surface area contributed by atoms with Crippen molar-refractivity contribution in [2.75, 3.05) is 19.6 Å². The molecule has 0 spiro atoms. The maximum absolute atomic E-state index is 12.2. The van der Waals surface area contributed by atoms with Gasteiger partial charge in [-0.3, -0.25) is 4.79 Å². The van der Waals surface area contributed by atoms with Crippen LogP contribution in [0, 0.1) is 0 Å². The molecule has 1 fully saturated rings. The van der Waals surface area contributed by atoms with Crippen LogP contribution in [0.1, 0.15) is 17.3 Å². The van der Waals surface area contributed by atoms with Gasteiger partial charge in [0.05, 0.1) is 5.02 Å². The maximum Gasteiger partial charge on any atom is 0.254 e. The number of phenols is 1. The van der Waals surface area contributed by atoms with Crippen LogP contribution >= 0.6 is 11.6 Å². The van der Waals surface area contributed by atoms with E-state index in [-0.39, 0.29) is 16.7 Å². The summed E-state index contributed by atoms with van der Waals surface area (Å²) < 4.78 is 0. The first-order valence-corrected chi connectivity index (χ1v) is 5.97. The molecule has 1 aliphatic heterocycles. The molecule has 2 rings (SSSR count). The van der Waals surface area contributed by atoms with Crippen LogP contribution in [0.2, 0.25) is 5.02 Å². The van der Waals surface area contributed by atoms with Gasteiger partial charge in [-0.05, 0) is 25.1 Å². The summed E-state index contributed by atoms with van der Waals surface area (Å²) in [5, 5.41) is 12.8. The first-order chi connectivity index (χ1) is 8.08. The summed E-state index contributed by atoms with van der Waals surface area (Å²) in [5.41, 5.74) is 0.516. The molecule has 1 amide bonds. The predicted octanol–water partition coefficient (Wildman–Crippen LogP) is 1.48. The molecule has 5 heteroatoms. The summed E-state index contributed by atoms with van der Waals surface area (Å²) in [6, 6.07) is 4.85. The lowest BCUT2D eigenvalue weighted by Crippen LogP contribution is -2.51. The minimum Gasteiger partial charge on any atom is -0.506 e. The summed E-state index contributed by atoms with van der Waals surface area (Å²) in [4.78, 5) is 14.0. The molecule has 17 heavy (non-hydrogen) atoms. The molecule has 1 heterocycles. The molecule has 1 atom stereocenters. The normalized spacial score (nSPS) is 20.4. The van der Waals surface area contributed by atoms with Gasteiger partial charge in [-0.1, -0.05) is 11.6 Å². The lowest BCUT2D eigenvalue weighted by molar-refractivity contribution is 0.0709. The van der Waals surface area contributed by atoms with Crippen molar-refractivity contribution in [3.63, 3.8) is 0 Å². The van der Waals surface area contributed by atoms with Gasteiger partial charge in [0.2, 0.25) is 0 Å². The molecule has 1 aromatic rings. The third-order valence-electron chi connectivity index (χ3n) is 2.85. The largest absolute Gasteiger partial charge is 0.506 e. The third-order valence-corrected chi connectivity index (χ3v) is 3.15. The number of piperazine rings is 1. The molecule has 1 unspecified atom stereocenters. The van der Waals surface area contributed by atoms with Gasteiger partial charge in [0, 0.05) is 31.2 Å². The van der Waals surface area contributed by atoms with E-state index < -0.39 is 0 Å². The number of aromatic hydroxyl groups is 1. The van der Waals surface area contributed by atoms with Crippen LogP contribution in [-0.4, -0.2) is 41.6 Å². The Hall–Kier alpha value is -1.26. The fourth-order valence-corrected chi connectivity index (χ4v) is 2.12. The summed E-state index contributed by atoms with van der Waals surface area (Å²) in [5.74, 6) is -0.0443. The van der Waals surface area contributed by atoms with Gasteiger partial charge in [-0.2, -0.15) is 0 Å². The topological polar surface area (TPSA) is 52.6 Å². The van der Waals surface area contributed by atoms with Crippen LogP contribution in [0.4, 0.5) is 0 Å². The molecule has 1 saturated heterocycles. The van der Waals surface area contributed by atoms with E-state index in [1.54, 1.807) is 11.0 Å². The molecule has 0 bridgehead atoms. The van der Waals surface area contributed by atoms with E-state index in [0.717, 1.165) is 6.54 Å². The van der Waals surface area contributed by atoms with E-state index in [1.165, 1.54) is 12.1 Å². The highest BCUT2D eigenvalue weighted by Crippen LogP contribution is 2.24. The highest BCUT2D eigenvalue weighted by Gasteiger charge is 2.21. The zero-order valence-corrected chi connectivity index (χ0v) is 10.4. The van der Waals surface area contributed by atoms with E-state index in [2.05, 4.69) is 5.32 Å². The first-order valence-electron chi connectivity index (χ1n) is 5.59. The van der Waals surface area contributed by atoms with E-state index in [1.807, 2.05) is 6.92 Å². The van der Waals surface area contributed by atoms with Gasteiger partial charge < -0.3 is 15.3 Å². The number of carbonyl (C=O) groups is 1. The van der Waals surface area contributed by atoms with Crippen molar-refractivity contribution < 1.29 is 9.90 Å². The van der Waals surface area contributed by atoms with E-state index in [9.17, 15) is 9.90 Å². The summed E-state index contributed by atoms with van der Waals surface area (Å²) >= 11 is 5.79. The van der Waals surface area contributed by atoms with Gasteiger partial charge in [0.1, 0.15) is 5.75 Å². The Kier molecular flexibility index (Phi) is 3.54. The molecule has 0 aliphatic carbocycles. The Morgan fingerprint density at radius 1 is 1.59 bits per heavy atom. The molecule has 1 aromatic carbocycles. The average molecular weight is 255 g/mol. The van der Waals surface area contributed by atoms with Crippen LogP contribution in [0.3, 0.4) is 0 Å². The van der Waals surface area contributed by atoms with Crippen molar-refractivity contribution in [3.05, 3.63) is 28.8 Å². The standard InChI is InChI=1S/C12H15ClN2O2/c1-8-7-15(5-4-14-8)12(17)9-2-3-11(16)10(13)6-9/h2-3,6,8,14,16H,4-5,7H2,1H3. The predicted molar refractivity (Wildman–Crippen MR) is 66.5 cm³/mol.